The normalized spacial score (nSPS) is 11.8. The summed E-state index contributed by atoms with van der Waals surface area (Å²) >= 11 is 11.7. The molecule has 1 atom stereocenters. The van der Waals surface area contributed by atoms with Crippen LogP contribution in [0.25, 0.3) is 0 Å². The molecule has 2 aromatic carbocycles. The van der Waals surface area contributed by atoms with Gasteiger partial charge in [0.15, 0.2) is 0 Å². The molecule has 0 aliphatic heterocycles. The quantitative estimate of drug-likeness (QED) is 0.866. The highest BCUT2D eigenvalue weighted by molar-refractivity contribution is 6.42. The molecule has 0 saturated heterocycles. The Labute approximate surface area is 138 Å². The van der Waals surface area contributed by atoms with Gasteiger partial charge in [0.1, 0.15) is 6.61 Å². The number of aliphatic hydroxyl groups excluding tert-OH is 1. The minimum absolute atomic E-state index is 0.0194. The number of ether oxygens (including phenoxy) is 1. The maximum Gasteiger partial charge on any atom is 0.407 e. The van der Waals surface area contributed by atoms with E-state index in [9.17, 15) is 9.90 Å². The van der Waals surface area contributed by atoms with Gasteiger partial charge in [-0.1, -0.05) is 59.6 Å². The second-order valence-electron chi connectivity index (χ2n) is 4.63. The first kappa shape index (κ1) is 16.6. The van der Waals surface area contributed by atoms with Gasteiger partial charge in [0.05, 0.1) is 22.7 Å². The predicted octanol–water partition coefficient (Wildman–Crippen LogP) is 3.95. The fourth-order valence-corrected chi connectivity index (χ4v) is 2.10. The van der Waals surface area contributed by atoms with Crippen LogP contribution in [-0.2, 0) is 11.3 Å². The number of rotatable bonds is 5. The summed E-state index contributed by atoms with van der Waals surface area (Å²) in [5.41, 5.74) is 1.46. The molecule has 0 fully saturated rings. The fraction of sp³-hybridized carbons (Fsp3) is 0.188. The number of amides is 1. The monoisotopic (exact) mass is 339 g/mol. The van der Waals surface area contributed by atoms with Crippen LogP contribution < -0.4 is 5.32 Å². The minimum Gasteiger partial charge on any atom is -0.445 e. The van der Waals surface area contributed by atoms with Gasteiger partial charge in [0.25, 0.3) is 0 Å². The molecular weight excluding hydrogens is 325 g/mol. The summed E-state index contributed by atoms with van der Waals surface area (Å²) in [6, 6.07) is 14.1. The molecule has 0 aliphatic carbocycles. The van der Waals surface area contributed by atoms with Crippen LogP contribution >= 0.6 is 23.2 Å². The number of benzene rings is 2. The first-order valence-corrected chi connectivity index (χ1v) is 7.39. The van der Waals surface area contributed by atoms with Crippen LogP contribution in [0.15, 0.2) is 48.5 Å². The first-order chi connectivity index (χ1) is 10.6. The van der Waals surface area contributed by atoms with Crippen molar-refractivity contribution in [3.63, 3.8) is 0 Å². The fourth-order valence-electron chi connectivity index (χ4n) is 1.79. The SMILES string of the molecule is O=C(NCC(O)c1ccc(Cl)c(Cl)c1)OCc1ccccc1. The van der Waals surface area contributed by atoms with Crippen molar-refractivity contribution in [2.24, 2.45) is 0 Å². The van der Waals surface area contributed by atoms with E-state index in [1.54, 1.807) is 18.2 Å². The molecule has 2 aromatic rings. The molecule has 6 heteroatoms. The van der Waals surface area contributed by atoms with Gasteiger partial charge in [-0.05, 0) is 23.3 Å². The Morgan fingerprint density at radius 2 is 1.86 bits per heavy atom. The van der Waals surface area contributed by atoms with Crippen molar-refractivity contribution < 1.29 is 14.6 Å². The van der Waals surface area contributed by atoms with E-state index in [4.69, 9.17) is 27.9 Å². The zero-order valence-electron chi connectivity index (χ0n) is 11.6. The second-order valence-corrected chi connectivity index (χ2v) is 5.45. The number of carbonyl (C=O) groups is 1. The Morgan fingerprint density at radius 3 is 2.55 bits per heavy atom. The summed E-state index contributed by atoms with van der Waals surface area (Å²) in [6.07, 6.45) is -1.48. The van der Waals surface area contributed by atoms with Crippen LogP contribution in [0.5, 0.6) is 0 Å². The highest BCUT2D eigenvalue weighted by atomic mass is 35.5. The van der Waals surface area contributed by atoms with Crippen LogP contribution in [0.3, 0.4) is 0 Å². The molecule has 116 valence electrons. The lowest BCUT2D eigenvalue weighted by atomic mass is 10.1. The maximum atomic E-state index is 11.6. The number of halogens is 2. The first-order valence-electron chi connectivity index (χ1n) is 6.64. The molecule has 22 heavy (non-hydrogen) atoms. The molecule has 0 saturated carbocycles. The van der Waals surface area contributed by atoms with Gasteiger partial charge in [0, 0.05) is 0 Å². The number of alkyl carbamates (subject to hydrolysis) is 1. The number of carbonyl (C=O) groups excluding carboxylic acids is 1. The topological polar surface area (TPSA) is 58.6 Å². The minimum atomic E-state index is -0.890. The van der Waals surface area contributed by atoms with E-state index in [1.807, 2.05) is 30.3 Å². The number of nitrogens with one attached hydrogen (secondary N) is 1. The average Bonchev–Trinajstić information content (AvgIpc) is 2.54. The molecule has 0 bridgehead atoms. The van der Waals surface area contributed by atoms with Gasteiger partial charge in [0.2, 0.25) is 0 Å². The summed E-state index contributed by atoms with van der Waals surface area (Å²) < 4.78 is 5.05. The van der Waals surface area contributed by atoms with E-state index in [0.717, 1.165) is 5.56 Å². The van der Waals surface area contributed by atoms with E-state index in [2.05, 4.69) is 5.32 Å². The molecular formula is C16H15Cl2NO3. The van der Waals surface area contributed by atoms with Crippen LogP contribution in [0.1, 0.15) is 17.2 Å². The zero-order valence-corrected chi connectivity index (χ0v) is 13.1. The van der Waals surface area contributed by atoms with Gasteiger partial charge in [-0.15, -0.1) is 0 Å². The Balaban J connectivity index is 1.79. The highest BCUT2D eigenvalue weighted by Crippen LogP contribution is 2.25. The van der Waals surface area contributed by atoms with Crippen molar-refractivity contribution in [1.82, 2.24) is 5.32 Å². The Morgan fingerprint density at radius 1 is 1.14 bits per heavy atom. The van der Waals surface area contributed by atoms with E-state index in [-0.39, 0.29) is 13.2 Å². The largest absolute Gasteiger partial charge is 0.445 e. The lowest BCUT2D eigenvalue weighted by molar-refractivity contribution is 0.126. The summed E-state index contributed by atoms with van der Waals surface area (Å²) in [6.45, 7) is 0.196. The average molecular weight is 340 g/mol. The van der Waals surface area contributed by atoms with E-state index in [1.165, 1.54) is 0 Å². The molecule has 2 rings (SSSR count). The third kappa shape index (κ3) is 4.91. The molecule has 1 amide bonds. The van der Waals surface area contributed by atoms with Crippen molar-refractivity contribution in [1.29, 1.82) is 0 Å². The molecule has 0 aromatic heterocycles. The third-order valence-corrected chi connectivity index (χ3v) is 3.72. The van der Waals surface area contributed by atoms with Gasteiger partial charge in [-0.3, -0.25) is 0 Å². The molecule has 0 heterocycles. The molecule has 4 nitrogen and oxygen atoms in total. The van der Waals surface area contributed by atoms with Crippen molar-refractivity contribution in [2.45, 2.75) is 12.7 Å². The van der Waals surface area contributed by atoms with E-state index < -0.39 is 12.2 Å². The molecule has 1 unspecified atom stereocenters. The summed E-state index contributed by atoms with van der Waals surface area (Å²) in [4.78, 5) is 11.6. The van der Waals surface area contributed by atoms with Crippen molar-refractivity contribution >= 4 is 29.3 Å². The Hall–Kier alpha value is -1.75. The predicted molar refractivity (Wildman–Crippen MR) is 86.1 cm³/mol. The maximum absolute atomic E-state index is 11.6. The van der Waals surface area contributed by atoms with Crippen molar-refractivity contribution in [3.8, 4) is 0 Å². The van der Waals surface area contributed by atoms with Crippen molar-refractivity contribution in [2.75, 3.05) is 6.54 Å². The van der Waals surface area contributed by atoms with E-state index >= 15 is 0 Å². The number of hydrogen-bond donors (Lipinski definition) is 2. The number of hydrogen-bond acceptors (Lipinski definition) is 3. The Bertz CT molecular complexity index is 635. The standard InChI is InChI=1S/C16H15Cl2NO3/c17-13-7-6-12(8-14(13)18)15(20)9-19-16(21)22-10-11-4-2-1-3-5-11/h1-8,15,20H,9-10H2,(H,19,21). The van der Waals surface area contributed by atoms with Crippen LogP contribution in [0.2, 0.25) is 10.0 Å². The lowest BCUT2D eigenvalue weighted by Gasteiger charge is -2.13. The van der Waals surface area contributed by atoms with Gasteiger partial charge >= 0.3 is 6.09 Å². The molecule has 0 aliphatic rings. The van der Waals surface area contributed by atoms with Gasteiger partial charge in [-0.2, -0.15) is 0 Å². The Kier molecular flexibility index (Phi) is 6.07. The summed E-state index contributed by atoms with van der Waals surface area (Å²) in [5.74, 6) is 0. The summed E-state index contributed by atoms with van der Waals surface area (Å²) in [7, 11) is 0. The smallest absolute Gasteiger partial charge is 0.407 e. The van der Waals surface area contributed by atoms with E-state index in [0.29, 0.717) is 15.6 Å². The van der Waals surface area contributed by atoms with Crippen LogP contribution in [0.4, 0.5) is 4.79 Å². The van der Waals surface area contributed by atoms with Crippen LogP contribution in [-0.4, -0.2) is 17.7 Å². The van der Waals surface area contributed by atoms with Gasteiger partial charge < -0.3 is 15.2 Å². The summed E-state index contributed by atoms with van der Waals surface area (Å²) in [5, 5.41) is 13.3. The highest BCUT2D eigenvalue weighted by Gasteiger charge is 2.11. The zero-order chi connectivity index (χ0) is 15.9. The molecule has 0 radical (unpaired) electrons. The number of aliphatic hydroxyl groups is 1. The third-order valence-electron chi connectivity index (χ3n) is 2.98. The molecule has 2 N–H and O–H groups in total. The lowest BCUT2D eigenvalue weighted by Crippen LogP contribution is -2.28. The van der Waals surface area contributed by atoms with Crippen LogP contribution in [0, 0.1) is 0 Å². The van der Waals surface area contributed by atoms with Gasteiger partial charge in [-0.25, -0.2) is 4.79 Å². The second kappa shape index (κ2) is 8.03. The van der Waals surface area contributed by atoms with Crippen molar-refractivity contribution in [3.05, 3.63) is 69.7 Å². The molecule has 0 spiro atoms.